The number of nitrogens with zero attached hydrogens (tertiary/aromatic N) is 2. The monoisotopic (exact) mass is 322 g/mol. The number of carbonyl (C=O) groups excluding carboxylic acids is 2. The van der Waals surface area contributed by atoms with Gasteiger partial charge in [-0.3, -0.25) is 10.00 Å². The van der Waals surface area contributed by atoms with Crippen molar-refractivity contribution in [3.8, 4) is 0 Å². The zero-order valence-corrected chi connectivity index (χ0v) is 13.9. The van der Waals surface area contributed by atoms with Crippen LogP contribution in [0.1, 0.15) is 62.7 Å². The molecule has 0 saturated heterocycles. The van der Waals surface area contributed by atoms with Crippen molar-refractivity contribution in [2.45, 2.75) is 65.0 Å². The van der Waals surface area contributed by atoms with E-state index in [1.165, 1.54) is 6.42 Å². The predicted octanol–water partition coefficient (Wildman–Crippen LogP) is 2.92. The van der Waals surface area contributed by atoms with Gasteiger partial charge in [0.1, 0.15) is 5.56 Å². The van der Waals surface area contributed by atoms with E-state index in [4.69, 9.17) is 4.74 Å². The lowest BCUT2D eigenvalue weighted by atomic mass is 9.96. The first-order valence-electron chi connectivity index (χ1n) is 8.46. The molecular weight excluding hydrogens is 296 g/mol. The first kappa shape index (κ1) is 17.3. The lowest BCUT2D eigenvalue weighted by Crippen LogP contribution is -2.39. The van der Waals surface area contributed by atoms with Crippen molar-refractivity contribution < 1.29 is 14.3 Å². The molecule has 0 aromatic carbocycles. The van der Waals surface area contributed by atoms with Crippen molar-refractivity contribution in [1.82, 2.24) is 15.1 Å². The summed E-state index contributed by atoms with van der Waals surface area (Å²) in [5, 5.41) is 9.93. The zero-order valence-electron chi connectivity index (χ0n) is 13.9. The topological polar surface area (TPSA) is 85.2 Å². The second-order valence-electron chi connectivity index (χ2n) is 5.81. The molecule has 2 amide bonds. The van der Waals surface area contributed by atoms with Gasteiger partial charge in [-0.05, 0) is 26.2 Å². The summed E-state index contributed by atoms with van der Waals surface area (Å²) < 4.78 is 6.68. The summed E-state index contributed by atoms with van der Waals surface area (Å²) in [6.07, 6.45) is 8.03. The summed E-state index contributed by atoms with van der Waals surface area (Å²) in [5.41, 5.74) is 0.291. The number of ether oxygens (including phenoxy) is 1. The first-order valence-corrected chi connectivity index (χ1v) is 8.46. The molecular formula is C16H26N4O3. The molecule has 0 unspecified atom stereocenters. The van der Waals surface area contributed by atoms with E-state index in [0.29, 0.717) is 12.1 Å². The smallest absolute Gasteiger partial charge is 0.343 e. The van der Waals surface area contributed by atoms with E-state index in [0.717, 1.165) is 32.1 Å². The Morgan fingerprint density at radius 3 is 2.70 bits per heavy atom. The Bertz CT molecular complexity index is 535. The summed E-state index contributed by atoms with van der Waals surface area (Å²) in [5.74, 6) is -0.215. The van der Waals surface area contributed by atoms with Crippen molar-refractivity contribution in [3.63, 3.8) is 0 Å². The van der Waals surface area contributed by atoms with Gasteiger partial charge in [0.15, 0.2) is 5.82 Å². The number of hydrogen-bond acceptors (Lipinski definition) is 4. The molecule has 1 fully saturated rings. The van der Waals surface area contributed by atoms with Crippen LogP contribution >= 0.6 is 0 Å². The summed E-state index contributed by atoms with van der Waals surface area (Å²) in [7, 11) is 0. The molecule has 1 aromatic heterocycles. The van der Waals surface area contributed by atoms with Crippen LogP contribution in [0.4, 0.5) is 10.6 Å². The Balaban J connectivity index is 2.03. The molecule has 0 bridgehead atoms. The molecule has 2 rings (SSSR count). The van der Waals surface area contributed by atoms with E-state index < -0.39 is 5.97 Å². The van der Waals surface area contributed by atoms with Gasteiger partial charge in [-0.2, -0.15) is 5.10 Å². The quantitative estimate of drug-likeness (QED) is 0.789. The SMILES string of the molecule is CCCn1cc(C(=O)OCC)c(NC(=O)NC2CCCCC2)n1. The Morgan fingerprint density at radius 2 is 2.04 bits per heavy atom. The molecule has 1 aromatic rings. The largest absolute Gasteiger partial charge is 0.462 e. The molecule has 23 heavy (non-hydrogen) atoms. The highest BCUT2D eigenvalue weighted by molar-refractivity contribution is 5.99. The molecule has 0 radical (unpaired) electrons. The summed E-state index contributed by atoms with van der Waals surface area (Å²) in [4.78, 5) is 24.2. The van der Waals surface area contributed by atoms with Crippen LogP contribution in [0.15, 0.2) is 6.20 Å². The molecule has 1 aliphatic carbocycles. The van der Waals surface area contributed by atoms with Crippen molar-refractivity contribution in [3.05, 3.63) is 11.8 Å². The minimum atomic E-state index is -0.470. The summed E-state index contributed by atoms with van der Waals surface area (Å²) in [6, 6.07) is -0.114. The molecule has 0 atom stereocenters. The summed E-state index contributed by atoms with van der Waals surface area (Å²) >= 11 is 0. The predicted molar refractivity (Wildman–Crippen MR) is 87.5 cm³/mol. The van der Waals surface area contributed by atoms with E-state index in [1.807, 2.05) is 6.92 Å². The molecule has 7 nitrogen and oxygen atoms in total. The fourth-order valence-electron chi connectivity index (χ4n) is 2.79. The number of esters is 1. The van der Waals surface area contributed by atoms with Gasteiger partial charge in [0.25, 0.3) is 0 Å². The van der Waals surface area contributed by atoms with Crippen molar-refractivity contribution in [2.75, 3.05) is 11.9 Å². The van der Waals surface area contributed by atoms with Crippen molar-refractivity contribution in [2.24, 2.45) is 0 Å². The fourth-order valence-corrected chi connectivity index (χ4v) is 2.79. The first-order chi connectivity index (χ1) is 11.1. The van der Waals surface area contributed by atoms with E-state index in [2.05, 4.69) is 15.7 Å². The van der Waals surface area contributed by atoms with E-state index in [9.17, 15) is 9.59 Å². The second kappa shape index (κ2) is 8.55. The fraction of sp³-hybridized carbons (Fsp3) is 0.688. The average molecular weight is 322 g/mol. The number of aryl methyl sites for hydroxylation is 1. The Hall–Kier alpha value is -2.05. The van der Waals surface area contributed by atoms with Gasteiger partial charge in [-0.15, -0.1) is 0 Å². The van der Waals surface area contributed by atoms with Crippen molar-refractivity contribution in [1.29, 1.82) is 0 Å². The minimum absolute atomic E-state index is 0.201. The normalized spacial score (nSPS) is 15.2. The molecule has 1 saturated carbocycles. The maximum absolute atomic E-state index is 12.2. The average Bonchev–Trinajstić information content (AvgIpc) is 2.91. The Labute approximate surface area is 136 Å². The number of carbonyl (C=O) groups is 2. The van der Waals surface area contributed by atoms with Gasteiger partial charge >= 0.3 is 12.0 Å². The van der Waals surface area contributed by atoms with Gasteiger partial charge in [-0.1, -0.05) is 26.2 Å². The van der Waals surface area contributed by atoms with Crippen LogP contribution in [0, 0.1) is 0 Å². The maximum atomic E-state index is 12.2. The summed E-state index contributed by atoms with van der Waals surface area (Å²) in [6.45, 7) is 4.73. The number of rotatable bonds is 6. The molecule has 1 heterocycles. The molecule has 128 valence electrons. The van der Waals surface area contributed by atoms with Gasteiger partial charge in [0.05, 0.1) is 6.61 Å². The highest BCUT2D eigenvalue weighted by atomic mass is 16.5. The lowest BCUT2D eigenvalue weighted by molar-refractivity contribution is 0.0527. The lowest BCUT2D eigenvalue weighted by Gasteiger charge is -2.22. The number of anilines is 1. The van der Waals surface area contributed by atoms with Crippen LogP contribution < -0.4 is 10.6 Å². The highest BCUT2D eigenvalue weighted by Crippen LogP contribution is 2.18. The Kier molecular flexibility index (Phi) is 6.43. The van der Waals surface area contributed by atoms with Gasteiger partial charge < -0.3 is 10.1 Å². The van der Waals surface area contributed by atoms with Gasteiger partial charge in [0, 0.05) is 18.8 Å². The number of hydrogen-bond donors (Lipinski definition) is 2. The van der Waals surface area contributed by atoms with E-state index in [1.54, 1.807) is 17.8 Å². The van der Waals surface area contributed by atoms with Gasteiger partial charge in [-0.25, -0.2) is 9.59 Å². The molecule has 2 N–H and O–H groups in total. The number of urea groups is 1. The van der Waals surface area contributed by atoms with Crippen LogP contribution in [-0.2, 0) is 11.3 Å². The van der Waals surface area contributed by atoms with Crippen LogP contribution in [0.2, 0.25) is 0 Å². The second-order valence-corrected chi connectivity index (χ2v) is 5.81. The van der Waals surface area contributed by atoms with Crippen LogP contribution in [-0.4, -0.2) is 34.4 Å². The third kappa shape index (κ3) is 4.97. The molecule has 0 spiro atoms. The standard InChI is InChI=1S/C16H26N4O3/c1-3-10-20-11-13(15(21)23-4-2)14(19-20)18-16(22)17-12-8-6-5-7-9-12/h11-12H,3-10H2,1-2H3,(H2,17,18,19,22). The number of amides is 2. The van der Waals surface area contributed by atoms with Crippen LogP contribution in [0.3, 0.4) is 0 Å². The minimum Gasteiger partial charge on any atom is -0.462 e. The maximum Gasteiger partial charge on any atom is 0.343 e. The number of aromatic nitrogens is 2. The van der Waals surface area contributed by atoms with Crippen LogP contribution in [0.5, 0.6) is 0 Å². The van der Waals surface area contributed by atoms with Crippen molar-refractivity contribution >= 4 is 17.8 Å². The van der Waals surface area contributed by atoms with E-state index in [-0.39, 0.29) is 24.5 Å². The Morgan fingerprint density at radius 1 is 1.30 bits per heavy atom. The van der Waals surface area contributed by atoms with Crippen LogP contribution in [0.25, 0.3) is 0 Å². The molecule has 7 heteroatoms. The highest BCUT2D eigenvalue weighted by Gasteiger charge is 2.21. The zero-order chi connectivity index (χ0) is 16.7. The van der Waals surface area contributed by atoms with Gasteiger partial charge in [0.2, 0.25) is 0 Å². The molecule has 0 aliphatic heterocycles. The number of nitrogens with one attached hydrogen (secondary N) is 2. The van der Waals surface area contributed by atoms with E-state index >= 15 is 0 Å². The third-order valence-electron chi connectivity index (χ3n) is 3.88. The third-order valence-corrected chi connectivity index (χ3v) is 3.88. The molecule has 1 aliphatic rings.